The Labute approximate surface area is 77.5 Å². The first-order valence-corrected chi connectivity index (χ1v) is 3.96. The molecule has 0 bridgehead atoms. The molecule has 0 amide bonds. The van der Waals surface area contributed by atoms with Gasteiger partial charge >= 0.3 is 0 Å². The van der Waals surface area contributed by atoms with Crippen molar-refractivity contribution in [1.82, 2.24) is 15.0 Å². The number of pyridine rings is 1. The minimum absolute atomic E-state index is 1.10. The van der Waals surface area contributed by atoms with Crippen LogP contribution in [0.2, 0.25) is 0 Å². The zero-order valence-electron chi connectivity index (χ0n) is 7.46. The molecular weight excluding hydrogens is 162 g/mol. The van der Waals surface area contributed by atoms with Crippen molar-refractivity contribution in [2.45, 2.75) is 6.92 Å². The summed E-state index contributed by atoms with van der Waals surface area (Å²) in [5.74, 6) is 0. The van der Waals surface area contributed by atoms with E-state index in [-0.39, 0.29) is 0 Å². The van der Waals surface area contributed by atoms with Gasteiger partial charge in [0.1, 0.15) is 6.33 Å². The summed E-state index contributed by atoms with van der Waals surface area (Å²) in [6.45, 7) is 1.96. The normalized spacial score (nSPS) is 8.38. The third kappa shape index (κ3) is 4.63. The summed E-state index contributed by atoms with van der Waals surface area (Å²) in [4.78, 5) is 11.3. The molecule has 0 spiro atoms. The average molecular weight is 173 g/mol. The predicted octanol–water partition coefficient (Wildman–Crippen LogP) is 1.87. The summed E-state index contributed by atoms with van der Waals surface area (Å²) < 4.78 is 0. The number of hydrogen-bond donors (Lipinski definition) is 0. The smallest absolute Gasteiger partial charge is 0.115 e. The highest BCUT2D eigenvalue weighted by atomic mass is 14.8. The Balaban J connectivity index is 0.000000132. The van der Waals surface area contributed by atoms with Gasteiger partial charge in [0.25, 0.3) is 0 Å². The molecule has 0 saturated carbocycles. The fourth-order valence-electron chi connectivity index (χ4n) is 0.686. The van der Waals surface area contributed by atoms with E-state index in [1.54, 1.807) is 24.8 Å². The van der Waals surface area contributed by atoms with Crippen LogP contribution in [0.1, 0.15) is 5.56 Å². The highest BCUT2D eigenvalue weighted by molar-refractivity contribution is 4.96. The van der Waals surface area contributed by atoms with Crippen molar-refractivity contribution in [3.05, 3.63) is 54.9 Å². The first-order valence-electron chi connectivity index (χ1n) is 3.96. The lowest BCUT2D eigenvalue weighted by Gasteiger charge is -1.81. The highest BCUT2D eigenvalue weighted by Crippen LogP contribution is 1.84. The Morgan fingerprint density at radius 2 is 1.46 bits per heavy atom. The zero-order chi connectivity index (χ0) is 9.36. The number of aromatic nitrogens is 3. The van der Waals surface area contributed by atoms with Crippen LogP contribution in [0.15, 0.2) is 49.3 Å². The molecule has 13 heavy (non-hydrogen) atoms. The van der Waals surface area contributed by atoms with Crippen LogP contribution in [0.4, 0.5) is 0 Å². The minimum Gasteiger partial charge on any atom is -0.265 e. The van der Waals surface area contributed by atoms with Crippen molar-refractivity contribution >= 4 is 0 Å². The Morgan fingerprint density at radius 3 is 1.69 bits per heavy atom. The van der Waals surface area contributed by atoms with Gasteiger partial charge in [0.15, 0.2) is 0 Å². The van der Waals surface area contributed by atoms with Gasteiger partial charge in [-0.1, -0.05) is 6.07 Å². The molecule has 3 heteroatoms. The van der Waals surface area contributed by atoms with Gasteiger partial charge in [0.05, 0.1) is 0 Å². The number of nitrogens with zero attached hydrogens (tertiary/aromatic N) is 3. The number of rotatable bonds is 0. The van der Waals surface area contributed by atoms with E-state index in [2.05, 4.69) is 15.0 Å². The van der Waals surface area contributed by atoms with Gasteiger partial charge in [0, 0.05) is 24.8 Å². The molecule has 0 aliphatic rings. The summed E-state index contributed by atoms with van der Waals surface area (Å²) in [5, 5.41) is 0. The molecular formula is C10H11N3. The summed E-state index contributed by atoms with van der Waals surface area (Å²) in [7, 11) is 0. The van der Waals surface area contributed by atoms with E-state index < -0.39 is 0 Å². The average Bonchev–Trinajstić information content (AvgIpc) is 2.22. The second-order valence-electron chi connectivity index (χ2n) is 2.44. The lowest BCUT2D eigenvalue weighted by Crippen LogP contribution is -1.75. The van der Waals surface area contributed by atoms with Crippen LogP contribution in [0.3, 0.4) is 0 Å². The maximum Gasteiger partial charge on any atom is 0.115 e. The molecule has 0 saturated heterocycles. The monoisotopic (exact) mass is 173 g/mol. The first kappa shape index (κ1) is 9.32. The third-order valence-corrected chi connectivity index (χ3v) is 1.26. The van der Waals surface area contributed by atoms with Crippen LogP contribution in [0.5, 0.6) is 0 Å². The van der Waals surface area contributed by atoms with E-state index in [0.717, 1.165) is 5.56 Å². The Hall–Kier alpha value is -1.77. The van der Waals surface area contributed by atoms with Crippen molar-refractivity contribution < 1.29 is 0 Å². The second-order valence-corrected chi connectivity index (χ2v) is 2.44. The van der Waals surface area contributed by atoms with E-state index in [1.165, 1.54) is 6.33 Å². The molecule has 0 radical (unpaired) electrons. The summed E-state index contributed by atoms with van der Waals surface area (Å²) in [6, 6.07) is 5.72. The van der Waals surface area contributed by atoms with E-state index in [4.69, 9.17) is 0 Å². The van der Waals surface area contributed by atoms with Crippen LogP contribution < -0.4 is 0 Å². The van der Waals surface area contributed by atoms with Crippen LogP contribution in [0, 0.1) is 6.92 Å². The van der Waals surface area contributed by atoms with Gasteiger partial charge in [-0.2, -0.15) is 0 Å². The molecule has 0 aromatic carbocycles. The molecule has 0 aliphatic heterocycles. The van der Waals surface area contributed by atoms with Gasteiger partial charge in [-0.05, 0) is 24.6 Å². The number of hydrogen-bond acceptors (Lipinski definition) is 3. The van der Waals surface area contributed by atoms with Crippen LogP contribution in [-0.2, 0) is 0 Å². The third-order valence-electron chi connectivity index (χ3n) is 1.26. The second kappa shape index (κ2) is 5.83. The van der Waals surface area contributed by atoms with Gasteiger partial charge < -0.3 is 0 Å². The molecule has 2 heterocycles. The Bertz CT molecular complexity index is 281. The largest absolute Gasteiger partial charge is 0.265 e. The van der Waals surface area contributed by atoms with Crippen molar-refractivity contribution in [2.24, 2.45) is 0 Å². The number of aryl methyl sites for hydroxylation is 1. The SMILES string of the molecule is Cc1cncnc1.c1ccncc1. The molecule has 0 unspecified atom stereocenters. The Morgan fingerprint density at radius 1 is 0.846 bits per heavy atom. The van der Waals surface area contributed by atoms with E-state index in [0.29, 0.717) is 0 Å². The summed E-state index contributed by atoms with van der Waals surface area (Å²) >= 11 is 0. The van der Waals surface area contributed by atoms with E-state index in [1.807, 2.05) is 25.1 Å². The molecule has 0 atom stereocenters. The topological polar surface area (TPSA) is 38.7 Å². The molecule has 66 valence electrons. The first-order chi connectivity index (χ1) is 6.39. The van der Waals surface area contributed by atoms with Crippen LogP contribution in [-0.4, -0.2) is 15.0 Å². The molecule has 0 fully saturated rings. The van der Waals surface area contributed by atoms with Crippen molar-refractivity contribution in [3.8, 4) is 0 Å². The standard InChI is InChI=1S/C5H6N2.C5H5N/c1-5-2-6-4-7-3-5;1-2-4-6-5-3-1/h2-4H,1H3;1-5H. The van der Waals surface area contributed by atoms with Gasteiger partial charge in [-0.3, -0.25) is 4.98 Å². The van der Waals surface area contributed by atoms with Crippen molar-refractivity contribution in [2.75, 3.05) is 0 Å². The van der Waals surface area contributed by atoms with Gasteiger partial charge in [-0.15, -0.1) is 0 Å². The lowest BCUT2D eigenvalue weighted by molar-refractivity contribution is 1.13. The molecule has 2 aromatic heterocycles. The predicted molar refractivity (Wildman–Crippen MR) is 51.0 cm³/mol. The zero-order valence-corrected chi connectivity index (χ0v) is 7.46. The fourth-order valence-corrected chi connectivity index (χ4v) is 0.686. The van der Waals surface area contributed by atoms with Gasteiger partial charge in [0.2, 0.25) is 0 Å². The quantitative estimate of drug-likeness (QED) is 0.610. The summed E-state index contributed by atoms with van der Waals surface area (Å²) in [5.41, 5.74) is 1.10. The highest BCUT2D eigenvalue weighted by Gasteiger charge is 1.74. The maximum absolute atomic E-state index is 3.78. The van der Waals surface area contributed by atoms with E-state index >= 15 is 0 Å². The van der Waals surface area contributed by atoms with Gasteiger partial charge in [-0.25, -0.2) is 9.97 Å². The molecule has 0 aliphatic carbocycles. The maximum atomic E-state index is 3.78. The van der Waals surface area contributed by atoms with Crippen molar-refractivity contribution in [3.63, 3.8) is 0 Å². The van der Waals surface area contributed by atoms with Crippen LogP contribution >= 0.6 is 0 Å². The molecule has 2 rings (SSSR count). The minimum atomic E-state index is 1.10. The molecule has 2 aromatic rings. The lowest BCUT2D eigenvalue weighted by atomic mass is 10.4. The van der Waals surface area contributed by atoms with Crippen molar-refractivity contribution in [1.29, 1.82) is 0 Å². The fraction of sp³-hybridized carbons (Fsp3) is 0.100. The summed E-state index contributed by atoms with van der Waals surface area (Å²) in [6.07, 6.45) is 8.56. The molecule has 0 N–H and O–H groups in total. The van der Waals surface area contributed by atoms with E-state index in [9.17, 15) is 0 Å². The van der Waals surface area contributed by atoms with Crippen LogP contribution in [0.25, 0.3) is 0 Å². The Kier molecular flexibility index (Phi) is 4.18. The molecule has 3 nitrogen and oxygen atoms in total.